The van der Waals surface area contributed by atoms with Gasteiger partial charge in [0.15, 0.2) is 0 Å². The molecule has 2 heteroatoms. The van der Waals surface area contributed by atoms with Crippen molar-refractivity contribution < 1.29 is 4.52 Å². The number of fused-ring (bicyclic) bond motifs is 1. The Balaban J connectivity index is 0.000000379. The van der Waals surface area contributed by atoms with Crippen LogP contribution in [0.3, 0.4) is 0 Å². The standard InChI is InChI=1S/C8H11NO.2C2H6/c1-6-7-4-2-3-5-8(7)10-9-6;2*1-2/h2-5H2,1H3;2*1-2H3. The second-order valence-corrected chi connectivity index (χ2v) is 2.88. The van der Waals surface area contributed by atoms with Crippen LogP contribution in [-0.2, 0) is 12.8 Å². The monoisotopic (exact) mass is 197 g/mol. The van der Waals surface area contributed by atoms with Gasteiger partial charge >= 0.3 is 0 Å². The van der Waals surface area contributed by atoms with Crippen molar-refractivity contribution in [2.75, 3.05) is 0 Å². The molecule has 0 atom stereocenters. The molecule has 0 bridgehead atoms. The number of nitrogens with zero attached hydrogens (tertiary/aromatic N) is 1. The molecule has 0 saturated heterocycles. The van der Waals surface area contributed by atoms with Gasteiger partial charge < -0.3 is 4.52 Å². The Morgan fingerprint density at radius 3 is 2.14 bits per heavy atom. The summed E-state index contributed by atoms with van der Waals surface area (Å²) < 4.78 is 5.14. The maximum absolute atomic E-state index is 5.14. The highest BCUT2D eigenvalue weighted by Gasteiger charge is 2.15. The van der Waals surface area contributed by atoms with Crippen molar-refractivity contribution in [3.05, 3.63) is 17.0 Å². The summed E-state index contributed by atoms with van der Waals surface area (Å²) in [6.45, 7) is 10.0. The zero-order chi connectivity index (χ0) is 11.0. The first-order valence-electron chi connectivity index (χ1n) is 5.82. The van der Waals surface area contributed by atoms with E-state index >= 15 is 0 Å². The third-order valence-electron chi connectivity index (χ3n) is 2.15. The largest absolute Gasteiger partial charge is 0.361 e. The Labute approximate surface area is 87.7 Å². The van der Waals surface area contributed by atoms with Crippen molar-refractivity contribution in [3.63, 3.8) is 0 Å². The number of aromatic nitrogens is 1. The van der Waals surface area contributed by atoms with Gasteiger partial charge in [-0.1, -0.05) is 32.9 Å². The van der Waals surface area contributed by atoms with Gasteiger partial charge in [0.05, 0.1) is 5.69 Å². The van der Waals surface area contributed by atoms with E-state index in [4.69, 9.17) is 4.52 Å². The zero-order valence-electron chi connectivity index (χ0n) is 10.2. The topological polar surface area (TPSA) is 26.0 Å². The molecular formula is C12H23NO. The van der Waals surface area contributed by atoms with Crippen LogP contribution in [0.15, 0.2) is 4.52 Å². The summed E-state index contributed by atoms with van der Waals surface area (Å²) in [6, 6.07) is 0. The molecule has 1 aliphatic carbocycles. The molecule has 2 nitrogen and oxygen atoms in total. The molecule has 0 unspecified atom stereocenters. The van der Waals surface area contributed by atoms with Gasteiger partial charge in [0.25, 0.3) is 0 Å². The van der Waals surface area contributed by atoms with Crippen molar-refractivity contribution in [3.8, 4) is 0 Å². The van der Waals surface area contributed by atoms with Gasteiger partial charge in [-0.05, 0) is 26.2 Å². The maximum Gasteiger partial charge on any atom is 0.140 e. The van der Waals surface area contributed by atoms with E-state index in [1.54, 1.807) is 0 Å². The van der Waals surface area contributed by atoms with Gasteiger partial charge in [-0.15, -0.1) is 0 Å². The van der Waals surface area contributed by atoms with E-state index in [0.717, 1.165) is 17.9 Å². The molecule has 1 aliphatic rings. The fourth-order valence-electron chi connectivity index (χ4n) is 1.54. The average Bonchev–Trinajstić information content (AvgIpc) is 2.67. The molecule has 1 aromatic heterocycles. The molecule has 1 heterocycles. The van der Waals surface area contributed by atoms with Gasteiger partial charge in [-0.25, -0.2) is 0 Å². The Bertz CT molecular complexity index is 240. The Kier molecular flexibility index (Phi) is 7.17. The first kappa shape index (κ1) is 13.2. The predicted octanol–water partition coefficient (Wildman–Crippen LogP) is 3.91. The zero-order valence-corrected chi connectivity index (χ0v) is 10.2. The van der Waals surface area contributed by atoms with E-state index in [-0.39, 0.29) is 0 Å². The highest BCUT2D eigenvalue weighted by molar-refractivity contribution is 5.23. The minimum absolute atomic E-state index is 1.09. The van der Waals surface area contributed by atoms with Gasteiger partial charge in [0.1, 0.15) is 5.76 Å². The van der Waals surface area contributed by atoms with Gasteiger partial charge in [-0.3, -0.25) is 0 Å². The fraction of sp³-hybridized carbons (Fsp3) is 0.750. The molecular weight excluding hydrogens is 174 g/mol. The van der Waals surface area contributed by atoms with Crippen molar-refractivity contribution in [1.82, 2.24) is 5.16 Å². The first-order valence-corrected chi connectivity index (χ1v) is 5.82. The van der Waals surface area contributed by atoms with Crippen LogP contribution in [0.1, 0.15) is 57.6 Å². The smallest absolute Gasteiger partial charge is 0.140 e. The lowest BCUT2D eigenvalue weighted by Crippen LogP contribution is -1.99. The van der Waals surface area contributed by atoms with E-state index in [0.29, 0.717) is 0 Å². The predicted molar refractivity (Wildman–Crippen MR) is 60.6 cm³/mol. The lowest BCUT2D eigenvalue weighted by Gasteiger charge is -2.06. The molecule has 14 heavy (non-hydrogen) atoms. The van der Waals surface area contributed by atoms with Gasteiger partial charge in [0, 0.05) is 12.0 Å². The number of hydrogen-bond acceptors (Lipinski definition) is 2. The highest BCUT2D eigenvalue weighted by Crippen LogP contribution is 2.22. The minimum Gasteiger partial charge on any atom is -0.361 e. The molecule has 2 rings (SSSR count). The summed E-state index contributed by atoms with van der Waals surface area (Å²) in [6.07, 6.45) is 4.83. The Morgan fingerprint density at radius 1 is 1.00 bits per heavy atom. The summed E-state index contributed by atoms with van der Waals surface area (Å²) in [5, 5.41) is 3.92. The highest BCUT2D eigenvalue weighted by atomic mass is 16.5. The first-order chi connectivity index (χ1) is 6.88. The summed E-state index contributed by atoms with van der Waals surface area (Å²) >= 11 is 0. The van der Waals surface area contributed by atoms with Crippen molar-refractivity contribution >= 4 is 0 Å². The Hall–Kier alpha value is -0.790. The van der Waals surface area contributed by atoms with E-state index < -0.39 is 0 Å². The molecule has 0 fully saturated rings. The van der Waals surface area contributed by atoms with Crippen LogP contribution < -0.4 is 0 Å². The van der Waals surface area contributed by atoms with Crippen molar-refractivity contribution in [2.45, 2.75) is 60.3 Å². The summed E-state index contributed by atoms with van der Waals surface area (Å²) in [4.78, 5) is 0. The average molecular weight is 197 g/mol. The summed E-state index contributed by atoms with van der Waals surface area (Å²) in [5.41, 5.74) is 2.46. The molecule has 0 amide bonds. The van der Waals surface area contributed by atoms with Crippen LogP contribution >= 0.6 is 0 Å². The Morgan fingerprint density at radius 2 is 1.57 bits per heavy atom. The van der Waals surface area contributed by atoms with E-state index in [9.17, 15) is 0 Å². The fourth-order valence-corrected chi connectivity index (χ4v) is 1.54. The van der Waals surface area contributed by atoms with Gasteiger partial charge in [0.2, 0.25) is 0 Å². The molecule has 0 saturated carbocycles. The molecule has 0 N–H and O–H groups in total. The summed E-state index contributed by atoms with van der Waals surface area (Å²) in [7, 11) is 0. The van der Waals surface area contributed by atoms with Crippen LogP contribution in [0.2, 0.25) is 0 Å². The van der Waals surface area contributed by atoms with Gasteiger partial charge in [-0.2, -0.15) is 0 Å². The molecule has 82 valence electrons. The minimum atomic E-state index is 1.09. The molecule has 1 aromatic rings. The number of rotatable bonds is 0. The second kappa shape index (κ2) is 7.60. The van der Waals surface area contributed by atoms with E-state index in [1.807, 2.05) is 34.6 Å². The summed E-state index contributed by atoms with van der Waals surface area (Å²) in [5.74, 6) is 1.13. The molecule has 0 radical (unpaired) electrons. The van der Waals surface area contributed by atoms with E-state index in [1.165, 1.54) is 24.8 Å². The maximum atomic E-state index is 5.14. The molecule has 0 spiro atoms. The van der Waals surface area contributed by atoms with Crippen LogP contribution in [0, 0.1) is 6.92 Å². The van der Waals surface area contributed by atoms with Crippen LogP contribution in [0.4, 0.5) is 0 Å². The lowest BCUT2D eigenvalue weighted by atomic mass is 9.97. The molecule has 0 aliphatic heterocycles. The third-order valence-corrected chi connectivity index (χ3v) is 2.15. The quantitative estimate of drug-likeness (QED) is 0.630. The van der Waals surface area contributed by atoms with Crippen molar-refractivity contribution in [2.24, 2.45) is 0 Å². The third kappa shape index (κ3) is 3.17. The van der Waals surface area contributed by atoms with Crippen molar-refractivity contribution in [1.29, 1.82) is 0 Å². The van der Waals surface area contributed by atoms with Crippen LogP contribution in [-0.4, -0.2) is 5.16 Å². The van der Waals surface area contributed by atoms with E-state index in [2.05, 4.69) is 5.16 Å². The number of hydrogen-bond donors (Lipinski definition) is 0. The van der Waals surface area contributed by atoms with Crippen LogP contribution in [0.5, 0.6) is 0 Å². The van der Waals surface area contributed by atoms with Crippen LogP contribution in [0.25, 0.3) is 0 Å². The normalized spacial score (nSPS) is 12.9. The lowest BCUT2D eigenvalue weighted by molar-refractivity contribution is 0.369. The second-order valence-electron chi connectivity index (χ2n) is 2.88. The molecule has 0 aromatic carbocycles. The SMILES string of the molecule is CC.CC.Cc1noc2c1CCCC2. The number of aryl methyl sites for hydroxylation is 2.